The van der Waals surface area contributed by atoms with Gasteiger partial charge < -0.3 is 20.1 Å². The third kappa shape index (κ3) is 6.21. The molecular weight excluding hydrogens is 404 g/mol. The van der Waals surface area contributed by atoms with Crippen LogP contribution in [0.4, 0.5) is 5.69 Å². The molecule has 160 valence electrons. The van der Waals surface area contributed by atoms with Crippen molar-refractivity contribution in [2.24, 2.45) is 0 Å². The molecule has 0 bridgehead atoms. The van der Waals surface area contributed by atoms with Crippen LogP contribution in [0.1, 0.15) is 52.8 Å². The summed E-state index contributed by atoms with van der Waals surface area (Å²) in [7, 11) is 1.61. The third-order valence-electron chi connectivity index (χ3n) is 5.08. The summed E-state index contributed by atoms with van der Waals surface area (Å²) in [6.45, 7) is 0.938. The summed E-state index contributed by atoms with van der Waals surface area (Å²) in [5.41, 5.74) is 1.36. The van der Waals surface area contributed by atoms with Crippen molar-refractivity contribution in [1.29, 1.82) is 0 Å². The number of benzene rings is 2. The van der Waals surface area contributed by atoms with E-state index < -0.39 is 0 Å². The Labute approximate surface area is 181 Å². The van der Waals surface area contributed by atoms with Crippen LogP contribution in [0.15, 0.2) is 42.5 Å². The molecular formula is C23H27ClN2O4. The zero-order valence-corrected chi connectivity index (χ0v) is 17.8. The van der Waals surface area contributed by atoms with Crippen LogP contribution in [0.5, 0.6) is 5.75 Å². The molecule has 2 amide bonds. The molecule has 0 spiro atoms. The van der Waals surface area contributed by atoms with E-state index in [4.69, 9.17) is 21.1 Å². The molecule has 0 aliphatic heterocycles. The van der Waals surface area contributed by atoms with Crippen molar-refractivity contribution >= 4 is 29.1 Å². The summed E-state index contributed by atoms with van der Waals surface area (Å²) in [6, 6.07) is 11.9. The minimum atomic E-state index is -0.278. The number of carbonyl (C=O) groups is 2. The highest BCUT2D eigenvalue weighted by molar-refractivity contribution is 6.34. The molecule has 1 aliphatic carbocycles. The first-order chi connectivity index (χ1) is 14.6. The fourth-order valence-corrected chi connectivity index (χ4v) is 3.64. The first-order valence-electron chi connectivity index (χ1n) is 10.2. The maximum absolute atomic E-state index is 12.7. The SMILES string of the molecule is COCCOc1ccc(C(=O)Nc2ccc(Cl)c(C(=O)NC3CCCCC3)c2)cc1. The predicted molar refractivity (Wildman–Crippen MR) is 118 cm³/mol. The normalized spacial score (nSPS) is 14.2. The fourth-order valence-electron chi connectivity index (χ4n) is 3.44. The van der Waals surface area contributed by atoms with E-state index in [1.165, 1.54) is 6.42 Å². The Morgan fingerprint density at radius 1 is 1.00 bits per heavy atom. The number of halogens is 1. The lowest BCUT2D eigenvalue weighted by Crippen LogP contribution is -2.36. The molecule has 7 heteroatoms. The lowest BCUT2D eigenvalue weighted by atomic mass is 9.95. The lowest BCUT2D eigenvalue weighted by Gasteiger charge is -2.23. The Morgan fingerprint density at radius 3 is 2.43 bits per heavy atom. The molecule has 30 heavy (non-hydrogen) atoms. The van der Waals surface area contributed by atoms with E-state index >= 15 is 0 Å². The number of amides is 2. The molecule has 1 saturated carbocycles. The van der Waals surface area contributed by atoms with Crippen molar-refractivity contribution in [1.82, 2.24) is 5.32 Å². The molecule has 0 aromatic heterocycles. The van der Waals surface area contributed by atoms with Crippen molar-refractivity contribution in [2.45, 2.75) is 38.1 Å². The molecule has 2 aromatic rings. The van der Waals surface area contributed by atoms with Crippen LogP contribution in [-0.4, -0.2) is 38.2 Å². The van der Waals surface area contributed by atoms with Gasteiger partial charge in [0.2, 0.25) is 0 Å². The number of ether oxygens (including phenoxy) is 2. The van der Waals surface area contributed by atoms with Gasteiger partial charge in [-0.2, -0.15) is 0 Å². The highest BCUT2D eigenvalue weighted by Gasteiger charge is 2.19. The van der Waals surface area contributed by atoms with Gasteiger partial charge in [-0.15, -0.1) is 0 Å². The Morgan fingerprint density at radius 2 is 1.73 bits per heavy atom. The summed E-state index contributed by atoms with van der Waals surface area (Å²) < 4.78 is 10.4. The molecule has 2 N–H and O–H groups in total. The predicted octanol–water partition coefficient (Wildman–Crippen LogP) is 4.68. The van der Waals surface area contributed by atoms with Gasteiger partial charge in [0.1, 0.15) is 12.4 Å². The Balaban J connectivity index is 1.62. The Bertz CT molecular complexity index is 864. The van der Waals surface area contributed by atoms with Crippen LogP contribution in [0, 0.1) is 0 Å². The quantitative estimate of drug-likeness (QED) is 0.596. The van der Waals surface area contributed by atoms with Crippen molar-refractivity contribution in [3.8, 4) is 5.75 Å². The molecule has 0 saturated heterocycles. The first-order valence-corrected chi connectivity index (χ1v) is 10.6. The second kappa shape index (κ2) is 11.0. The number of anilines is 1. The van der Waals surface area contributed by atoms with Crippen molar-refractivity contribution in [3.05, 3.63) is 58.6 Å². The van der Waals surface area contributed by atoms with E-state index in [1.807, 2.05) is 0 Å². The Kier molecular flexibility index (Phi) is 8.11. The number of nitrogens with one attached hydrogen (secondary N) is 2. The Hall–Kier alpha value is -2.57. The zero-order valence-electron chi connectivity index (χ0n) is 17.1. The average Bonchev–Trinajstić information content (AvgIpc) is 2.76. The van der Waals surface area contributed by atoms with Gasteiger partial charge in [-0.1, -0.05) is 30.9 Å². The van der Waals surface area contributed by atoms with Gasteiger partial charge >= 0.3 is 0 Å². The summed E-state index contributed by atoms with van der Waals surface area (Å²) in [4.78, 5) is 25.2. The minimum absolute atomic E-state index is 0.185. The first kappa shape index (κ1) is 22.1. The van der Waals surface area contributed by atoms with Crippen LogP contribution >= 0.6 is 11.6 Å². The van der Waals surface area contributed by atoms with Gasteiger partial charge in [-0.3, -0.25) is 9.59 Å². The van der Waals surface area contributed by atoms with E-state index in [0.717, 1.165) is 25.7 Å². The maximum Gasteiger partial charge on any atom is 0.255 e. The summed E-state index contributed by atoms with van der Waals surface area (Å²) in [5, 5.41) is 6.23. The van der Waals surface area contributed by atoms with Crippen molar-refractivity contribution in [3.63, 3.8) is 0 Å². The van der Waals surface area contributed by atoms with Gasteiger partial charge in [0.25, 0.3) is 11.8 Å². The monoisotopic (exact) mass is 430 g/mol. The van der Waals surface area contributed by atoms with Gasteiger partial charge in [0.05, 0.1) is 17.2 Å². The topological polar surface area (TPSA) is 76.7 Å². The average molecular weight is 431 g/mol. The van der Waals surface area contributed by atoms with E-state index in [9.17, 15) is 9.59 Å². The van der Waals surface area contributed by atoms with Crippen molar-refractivity contribution < 1.29 is 19.1 Å². The second-order valence-corrected chi connectivity index (χ2v) is 7.73. The number of hydrogen-bond donors (Lipinski definition) is 2. The number of carbonyl (C=O) groups excluding carboxylic acids is 2. The number of hydrogen-bond acceptors (Lipinski definition) is 4. The largest absolute Gasteiger partial charge is 0.491 e. The fraction of sp³-hybridized carbons (Fsp3) is 0.391. The zero-order chi connectivity index (χ0) is 21.3. The number of methoxy groups -OCH3 is 1. The molecule has 6 nitrogen and oxygen atoms in total. The van der Waals surface area contributed by atoms with Crippen LogP contribution in [-0.2, 0) is 4.74 Å². The van der Waals surface area contributed by atoms with Gasteiger partial charge in [-0.25, -0.2) is 0 Å². The lowest BCUT2D eigenvalue weighted by molar-refractivity contribution is 0.0926. The van der Waals surface area contributed by atoms with Crippen LogP contribution in [0.3, 0.4) is 0 Å². The van der Waals surface area contributed by atoms with E-state index in [-0.39, 0.29) is 17.9 Å². The maximum atomic E-state index is 12.7. The molecule has 0 atom stereocenters. The second-order valence-electron chi connectivity index (χ2n) is 7.32. The highest BCUT2D eigenvalue weighted by Crippen LogP contribution is 2.23. The van der Waals surface area contributed by atoms with Crippen LogP contribution in [0.25, 0.3) is 0 Å². The van der Waals surface area contributed by atoms with E-state index in [2.05, 4.69) is 10.6 Å². The van der Waals surface area contributed by atoms with E-state index in [1.54, 1.807) is 49.6 Å². The van der Waals surface area contributed by atoms with Crippen LogP contribution in [0.2, 0.25) is 5.02 Å². The molecule has 1 aliphatic rings. The molecule has 3 rings (SSSR count). The molecule has 0 unspecified atom stereocenters. The van der Waals surface area contributed by atoms with Crippen LogP contribution < -0.4 is 15.4 Å². The molecule has 1 fully saturated rings. The van der Waals surface area contributed by atoms with E-state index in [0.29, 0.717) is 40.8 Å². The third-order valence-corrected chi connectivity index (χ3v) is 5.41. The molecule has 2 aromatic carbocycles. The smallest absolute Gasteiger partial charge is 0.255 e. The minimum Gasteiger partial charge on any atom is -0.491 e. The number of rotatable bonds is 8. The summed E-state index contributed by atoms with van der Waals surface area (Å²) in [5.74, 6) is 0.178. The molecule has 0 radical (unpaired) electrons. The standard InChI is InChI=1S/C23H27ClN2O4/c1-29-13-14-30-19-10-7-16(8-11-19)22(27)26-18-9-12-21(24)20(15-18)23(28)25-17-5-3-2-4-6-17/h7-12,15,17H,2-6,13-14H2,1H3,(H,25,28)(H,26,27). The summed E-state index contributed by atoms with van der Waals surface area (Å²) >= 11 is 6.24. The molecule has 0 heterocycles. The summed E-state index contributed by atoms with van der Waals surface area (Å²) in [6.07, 6.45) is 5.46. The van der Waals surface area contributed by atoms with Gasteiger partial charge in [0.15, 0.2) is 0 Å². The highest BCUT2D eigenvalue weighted by atomic mass is 35.5. The van der Waals surface area contributed by atoms with Gasteiger partial charge in [0, 0.05) is 24.4 Å². The van der Waals surface area contributed by atoms with Gasteiger partial charge in [-0.05, 0) is 55.3 Å². The van der Waals surface area contributed by atoms with Crippen molar-refractivity contribution in [2.75, 3.05) is 25.6 Å².